The van der Waals surface area contributed by atoms with E-state index in [9.17, 15) is 0 Å². The normalized spacial score (nSPS) is 10.8. The Morgan fingerprint density at radius 2 is 1.79 bits per heavy atom. The summed E-state index contributed by atoms with van der Waals surface area (Å²) in [5.41, 5.74) is 3.61. The third kappa shape index (κ3) is 3.97. The highest BCUT2D eigenvalue weighted by Crippen LogP contribution is 2.27. The van der Waals surface area contributed by atoms with Gasteiger partial charge in [-0.25, -0.2) is 0 Å². The molecule has 0 fully saturated rings. The Bertz CT molecular complexity index is 823. The highest BCUT2D eigenvalue weighted by molar-refractivity contribution is 9.10. The van der Waals surface area contributed by atoms with Gasteiger partial charge in [-0.15, -0.1) is 16.8 Å². The molecule has 0 atom stereocenters. The molecule has 3 nitrogen and oxygen atoms in total. The topological polar surface area (TPSA) is 30.7 Å². The molecule has 0 amide bonds. The quantitative estimate of drug-likeness (QED) is 0.405. The van der Waals surface area contributed by atoms with Crippen LogP contribution in [-0.2, 0) is 12.3 Å². The van der Waals surface area contributed by atoms with Crippen LogP contribution in [0.5, 0.6) is 0 Å². The molecule has 0 saturated carbocycles. The van der Waals surface area contributed by atoms with Gasteiger partial charge in [-0.1, -0.05) is 75.7 Å². The van der Waals surface area contributed by atoms with Gasteiger partial charge in [-0.05, 0) is 24.6 Å². The molecule has 0 unspecified atom stereocenters. The first kappa shape index (κ1) is 17.0. The van der Waals surface area contributed by atoms with Crippen molar-refractivity contribution in [2.75, 3.05) is 0 Å². The molecule has 1 aromatic heterocycles. The molecule has 3 aromatic rings. The highest BCUT2D eigenvalue weighted by Gasteiger charge is 2.13. The fourth-order valence-corrected chi connectivity index (χ4v) is 3.50. The van der Waals surface area contributed by atoms with Gasteiger partial charge in [-0.2, -0.15) is 0 Å². The van der Waals surface area contributed by atoms with E-state index in [1.807, 2.05) is 30.3 Å². The second-order valence-electron chi connectivity index (χ2n) is 5.49. The molecule has 1 heterocycles. The summed E-state index contributed by atoms with van der Waals surface area (Å²) in [6.07, 6.45) is 1.88. The minimum atomic E-state index is 0.689. The van der Waals surface area contributed by atoms with Crippen molar-refractivity contribution in [1.82, 2.24) is 14.8 Å². The lowest BCUT2D eigenvalue weighted by Crippen LogP contribution is -2.00. The molecular weight excluding hydrogens is 382 g/mol. The molecule has 0 aliphatic carbocycles. The molecule has 0 radical (unpaired) electrons. The van der Waals surface area contributed by atoms with Gasteiger partial charge >= 0.3 is 0 Å². The Morgan fingerprint density at radius 3 is 2.46 bits per heavy atom. The Hall–Kier alpha value is -1.85. The van der Waals surface area contributed by atoms with Crippen molar-refractivity contribution in [3.8, 4) is 11.4 Å². The smallest absolute Gasteiger partial charge is 0.192 e. The molecule has 2 aromatic carbocycles. The zero-order valence-corrected chi connectivity index (χ0v) is 15.8. The number of aromatic nitrogens is 3. The van der Waals surface area contributed by atoms with E-state index in [0.29, 0.717) is 6.54 Å². The molecule has 5 heteroatoms. The fraction of sp³-hybridized carbons (Fsp3) is 0.158. The number of rotatable bonds is 6. The summed E-state index contributed by atoms with van der Waals surface area (Å²) in [5, 5.41) is 9.68. The molecular formula is C19H18BrN3S. The van der Waals surface area contributed by atoms with Crippen molar-refractivity contribution in [3.05, 3.63) is 76.8 Å². The van der Waals surface area contributed by atoms with Crippen LogP contribution in [0, 0.1) is 6.92 Å². The van der Waals surface area contributed by atoms with Crippen LogP contribution in [0.15, 0.2) is 70.8 Å². The van der Waals surface area contributed by atoms with Crippen LogP contribution in [0.3, 0.4) is 0 Å². The average molecular weight is 400 g/mol. The van der Waals surface area contributed by atoms with E-state index >= 15 is 0 Å². The van der Waals surface area contributed by atoms with E-state index in [-0.39, 0.29) is 0 Å². The predicted molar refractivity (Wildman–Crippen MR) is 104 cm³/mol. The second-order valence-corrected chi connectivity index (χ2v) is 7.34. The monoisotopic (exact) mass is 399 g/mol. The first-order chi connectivity index (χ1) is 11.7. The van der Waals surface area contributed by atoms with Crippen molar-refractivity contribution in [2.45, 2.75) is 24.4 Å². The van der Waals surface area contributed by atoms with Gasteiger partial charge in [-0.3, -0.25) is 4.57 Å². The van der Waals surface area contributed by atoms with Crippen LogP contribution in [0.4, 0.5) is 0 Å². The van der Waals surface area contributed by atoms with E-state index in [1.165, 1.54) is 11.1 Å². The summed E-state index contributed by atoms with van der Waals surface area (Å²) in [6, 6.07) is 16.7. The Balaban J connectivity index is 1.84. The lowest BCUT2D eigenvalue weighted by molar-refractivity contribution is 0.731. The average Bonchev–Trinajstić information content (AvgIpc) is 2.98. The predicted octanol–water partition coefficient (Wildman–Crippen LogP) is 5.49. The van der Waals surface area contributed by atoms with Crippen LogP contribution in [0.25, 0.3) is 11.4 Å². The van der Waals surface area contributed by atoms with E-state index in [1.54, 1.807) is 11.8 Å². The van der Waals surface area contributed by atoms with Gasteiger partial charge in [0.15, 0.2) is 11.0 Å². The van der Waals surface area contributed by atoms with Gasteiger partial charge in [0.1, 0.15) is 0 Å². The largest absolute Gasteiger partial charge is 0.298 e. The van der Waals surface area contributed by atoms with Crippen molar-refractivity contribution in [3.63, 3.8) is 0 Å². The number of hydrogen-bond acceptors (Lipinski definition) is 3. The van der Waals surface area contributed by atoms with Crippen molar-refractivity contribution >= 4 is 27.7 Å². The third-order valence-corrected chi connectivity index (χ3v) is 5.19. The van der Waals surface area contributed by atoms with Crippen LogP contribution in [-0.4, -0.2) is 14.8 Å². The van der Waals surface area contributed by atoms with Gasteiger partial charge in [0, 0.05) is 22.3 Å². The summed E-state index contributed by atoms with van der Waals surface area (Å²) in [7, 11) is 0. The lowest BCUT2D eigenvalue weighted by atomic mass is 10.2. The van der Waals surface area contributed by atoms with Crippen LogP contribution in [0.2, 0.25) is 0 Å². The number of allylic oxidation sites excluding steroid dienone is 1. The maximum absolute atomic E-state index is 4.39. The van der Waals surface area contributed by atoms with Crippen LogP contribution >= 0.6 is 27.7 Å². The third-order valence-electron chi connectivity index (χ3n) is 3.62. The van der Waals surface area contributed by atoms with Crippen molar-refractivity contribution < 1.29 is 0 Å². The lowest BCUT2D eigenvalue weighted by Gasteiger charge is -2.08. The first-order valence-corrected chi connectivity index (χ1v) is 9.43. The van der Waals surface area contributed by atoms with Crippen LogP contribution < -0.4 is 0 Å². The fourth-order valence-electron chi connectivity index (χ4n) is 2.33. The number of hydrogen-bond donors (Lipinski definition) is 0. The molecule has 24 heavy (non-hydrogen) atoms. The number of nitrogens with zero attached hydrogens (tertiary/aromatic N) is 3. The minimum absolute atomic E-state index is 0.689. The Morgan fingerprint density at radius 1 is 1.08 bits per heavy atom. The molecule has 0 spiro atoms. The van der Waals surface area contributed by atoms with Gasteiger partial charge in [0.05, 0.1) is 0 Å². The van der Waals surface area contributed by atoms with Gasteiger partial charge in [0.25, 0.3) is 0 Å². The summed E-state index contributed by atoms with van der Waals surface area (Å²) in [4.78, 5) is 0. The second kappa shape index (κ2) is 7.81. The molecule has 0 N–H and O–H groups in total. The number of halogens is 1. The molecule has 0 bridgehead atoms. The summed E-state index contributed by atoms with van der Waals surface area (Å²) >= 11 is 5.16. The molecule has 122 valence electrons. The molecule has 0 saturated heterocycles. The SMILES string of the molecule is C=CCn1c(SCc2ccc(C)cc2)nnc1-c1ccc(Br)cc1. The molecule has 0 aliphatic heterocycles. The van der Waals surface area contributed by atoms with Gasteiger partial charge in [0.2, 0.25) is 0 Å². The Labute approximate surface area is 154 Å². The van der Waals surface area contributed by atoms with Crippen LogP contribution in [0.1, 0.15) is 11.1 Å². The number of benzene rings is 2. The van der Waals surface area contributed by atoms with E-state index in [4.69, 9.17) is 0 Å². The zero-order valence-electron chi connectivity index (χ0n) is 13.4. The summed E-state index contributed by atoms with van der Waals surface area (Å²) < 4.78 is 3.16. The van der Waals surface area contributed by atoms with Crippen molar-refractivity contribution in [2.24, 2.45) is 0 Å². The highest BCUT2D eigenvalue weighted by atomic mass is 79.9. The molecule has 0 aliphatic rings. The summed E-state index contributed by atoms with van der Waals surface area (Å²) in [6.45, 7) is 6.65. The van der Waals surface area contributed by atoms with Gasteiger partial charge < -0.3 is 0 Å². The first-order valence-electron chi connectivity index (χ1n) is 7.66. The summed E-state index contributed by atoms with van der Waals surface area (Å²) in [5.74, 6) is 1.74. The standard InChI is InChI=1S/C19H18BrN3S/c1-3-12-23-18(16-8-10-17(20)11-9-16)21-22-19(23)24-13-15-6-4-14(2)5-7-15/h3-11H,1,12-13H2,2H3. The number of aryl methyl sites for hydroxylation is 1. The van der Waals surface area contributed by atoms with Crippen molar-refractivity contribution in [1.29, 1.82) is 0 Å². The Kier molecular flexibility index (Phi) is 5.53. The molecule has 3 rings (SSSR count). The maximum Gasteiger partial charge on any atom is 0.192 e. The number of thioether (sulfide) groups is 1. The van der Waals surface area contributed by atoms with E-state index in [2.05, 4.69) is 68.5 Å². The zero-order chi connectivity index (χ0) is 16.9. The van der Waals surface area contributed by atoms with E-state index in [0.717, 1.165) is 26.8 Å². The minimum Gasteiger partial charge on any atom is -0.298 e. The van der Waals surface area contributed by atoms with E-state index < -0.39 is 0 Å². The maximum atomic E-state index is 4.39.